The van der Waals surface area contributed by atoms with E-state index in [0.717, 1.165) is 16.1 Å². The molecule has 4 nitrogen and oxygen atoms in total. The number of hydrogen-bond donors (Lipinski definition) is 1. The molecule has 2 aromatic heterocycles. The third-order valence-corrected chi connectivity index (χ3v) is 5.82. The predicted octanol–water partition coefficient (Wildman–Crippen LogP) is 5.06. The number of amides is 1. The van der Waals surface area contributed by atoms with Crippen molar-refractivity contribution in [2.24, 2.45) is 0 Å². The van der Waals surface area contributed by atoms with Crippen molar-refractivity contribution in [2.75, 3.05) is 5.32 Å². The van der Waals surface area contributed by atoms with Gasteiger partial charge in [-0.2, -0.15) is 0 Å². The number of aromatic nitrogens is 2. The molecule has 1 amide bonds. The SMILES string of the molecule is Cc1ncsc1C(=O)Nc1ncc(Cc2cccc(Cl)c2Cl)s1. The molecule has 23 heavy (non-hydrogen) atoms. The van der Waals surface area contributed by atoms with Gasteiger partial charge in [-0.05, 0) is 18.6 Å². The standard InChI is InChI=1S/C15H11Cl2N3OS2/c1-8-13(22-7-19-8)14(21)20-15-18-6-10(23-15)5-9-3-2-4-11(16)12(9)17/h2-4,6-7H,5H2,1H3,(H,18,20,21). The molecule has 3 rings (SSSR count). The summed E-state index contributed by atoms with van der Waals surface area (Å²) in [5, 5.41) is 4.43. The van der Waals surface area contributed by atoms with Crippen molar-refractivity contribution in [2.45, 2.75) is 13.3 Å². The maximum Gasteiger partial charge on any atom is 0.269 e. The lowest BCUT2D eigenvalue weighted by molar-refractivity contribution is 0.103. The van der Waals surface area contributed by atoms with E-state index in [0.29, 0.717) is 26.5 Å². The summed E-state index contributed by atoms with van der Waals surface area (Å²) in [5.41, 5.74) is 3.30. The number of rotatable bonds is 4. The van der Waals surface area contributed by atoms with Crippen molar-refractivity contribution < 1.29 is 4.79 Å². The average Bonchev–Trinajstić information content (AvgIpc) is 3.13. The van der Waals surface area contributed by atoms with E-state index in [1.807, 2.05) is 12.1 Å². The Hall–Kier alpha value is -1.47. The Bertz CT molecular complexity index is 860. The first-order chi connectivity index (χ1) is 11.0. The van der Waals surface area contributed by atoms with Crippen LogP contribution < -0.4 is 5.32 Å². The Kier molecular flexibility index (Phi) is 4.96. The number of benzene rings is 1. The second kappa shape index (κ2) is 6.97. The molecule has 0 aliphatic carbocycles. The smallest absolute Gasteiger partial charge is 0.269 e. The Morgan fingerprint density at radius 3 is 2.87 bits per heavy atom. The molecule has 0 saturated heterocycles. The summed E-state index contributed by atoms with van der Waals surface area (Å²) in [6.45, 7) is 1.81. The maximum atomic E-state index is 12.1. The molecule has 1 aromatic carbocycles. The van der Waals surface area contributed by atoms with Crippen molar-refractivity contribution in [3.05, 3.63) is 61.0 Å². The van der Waals surface area contributed by atoms with E-state index in [2.05, 4.69) is 15.3 Å². The van der Waals surface area contributed by atoms with Crippen LogP contribution in [0.5, 0.6) is 0 Å². The highest BCUT2D eigenvalue weighted by atomic mass is 35.5. The highest BCUT2D eigenvalue weighted by molar-refractivity contribution is 7.16. The van der Waals surface area contributed by atoms with Gasteiger partial charge in [0.25, 0.3) is 5.91 Å². The van der Waals surface area contributed by atoms with E-state index in [-0.39, 0.29) is 5.91 Å². The molecule has 118 valence electrons. The molecule has 0 aliphatic heterocycles. The van der Waals surface area contributed by atoms with Crippen molar-refractivity contribution in [3.8, 4) is 0 Å². The second-order valence-corrected chi connectivity index (χ2v) is 7.50. The number of halogens is 2. The number of aryl methyl sites for hydroxylation is 1. The van der Waals surface area contributed by atoms with Crippen molar-refractivity contribution in [3.63, 3.8) is 0 Å². The van der Waals surface area contributed by atoms with Gasteiger partial charge in [-0.1, -0.05) is 35.3 Å². The molecule has 0 unspecified atom stereocenters. The van der Waals surface area contributed by atoms with Crippen LogP contribution >= 0.6 is 45.9 Å². The van der Waals surface area contributed by atoms with Crippen molar-refractivity contribution >= 4 is 56.9 Å². The molecule has 0 atom stereocenters. The maximum absolute atomic E-state index is 12.1. The van der Waals surface area contributed by atoms with Crippen LogP contribution in [0, 0.1) is 6.92 Å². The fourth-order valence-electron chi connectivity index (χ4n) is 1.99. The highest BCUT2D eigenvalue weighted by Gasteiger charge is 2.14. The van der Waals surface area contributed by atoms with Crippen LogP contribution in [0.15, 0.2) is 29.9 Å². The molecule has 0 radical (unpaired) electrons. The van der Waals surface area contributed by atoms with E-state index < -0.39 is 0 Å². The summed E-state index contributed by atoms with van der Waals surface area (Å²) in [5.74, 6) is -0.188. The zero-order valence-electron chi connectivity index (χ0n) is 12.0. The highest BCUT2D eigenvalue weighted by Crippen LogP contribution is 2.29. The van der Waals surface area contributed by atoms with Gasteiger partial charge in [-0.15, -0.1) is 22.7 Å². The number of hydrogen-bond acceptors (Lipinski definition) is 5. The second-order valence-electron chi connectivity index (χ2n) is 4.74. The Labute approximate surface area is 151 Å². The van der Waals surface area contributed by atoms with Gasteiger partial charge in [0.1, 0.15) is 4.88 Å². The molecule has 0 fully saturated rings. The number of carbonyl (C=O) groups is 1. The molecule has 0 aliphatic rings. The zero-order valence-corrected chi connectivity index (χ0v) is 15.1. The Morgan fingerprint density at radius 2 is 2.13 bits per heavy atom. The van der Waals surface area contributed by atoms with E-state index in [1.54, 1.807) is 24.7 Å². The van der Waals surface area contributed by atoms with Crippen LogP contribution in [-0.4, -0.2) is 15.9 Å². The van der Waals surface area contributed by atoms with Gasteiger partial charge < -0.3 is 0 Å². The quantitative estimate of drug-likeness (QED) is 0.684. The largest absolute Gasteiger partial charge is 0.297 e. The molecule has 1 N–H and O–H groups in total. The molecule has 0 bridgehead atoms. The van der Waals surface area contributed by atoms with Gasteiger partial charge in [0, 0.05) is 17.5 Å². The lowest BCUT2D eigenvalue weighted by Crippen LogP contribution is -2.11. The fourth-order valence-corrected chi connectivity index (χ4v) is 3.91. The average molecular weight is 384 g/mol. The number of nitrogens with zero attached hydrogens (tertiary/aromatic N) is 2. The molecule has 0 spiro atoms. The minimum atomic E-state index is -0.188. The summed E-state index contributed by atoms with van der Waals surface area (Å²) in [6, 6.07) is 5.54. The van der Waals surface area contributed by atoms with Gasteiger partial charge in [0.2, 0.25) is 0 Å². The molecule has 3 aromatic rings. The number of thiazole rings is 2. The lowest BCUT2D eigenvalue weighted by Gasteiger charge is -2.03. The third-order valence-electron chi connectivity index (χ3n) is 3.12. The number of anilines is 1. The summed E-state index contributed by atoms with van der Waals surface area (Å²) in [6.07, 6.45) is 2.35. The monoisotopic (exact) mass is 383 g/mol. The third kappa shape index (κ3) is 3.72. The fraction of sp³-hybridized carbons (Fsp3) is 0.133. The minimum absolute atomic E-state index is 0.188. The van der Waals surface area contributed by atoms with Crippen LogP contribution in [-0.2, 0) is 6.42 Å². The Morgan fingerprint density at radius 1 is 1.30 bits per heavy atom. The summed E-state index contributed by atoms with van der Waals surface area (Å²) >= 11 is 14.9. The van der Waals surface area contributed by atoms with Crippen LogP contribution in [0.2, 0.25) is 10.0 Å². The first-order valence-corrected chi connectivity index (χ1v) is 9.09. The van der Waals surface area contributed by atoms with Crippen LogP contribution in [0.25, 0.3) is 0 Å². The van der Waals surface area contributed by atoms with Crippen molar-refractivity contribution in [1.29, 1.82) is 0 Å². The van der Waals surface area contributed by atoms with Gasteiger partial charge in [0.05, 0.1) is 21.2 Å². The van der Waals surface area contributed by atoms with Gasteiger partial charge in [-0.25, -0.2) is 9.97 Å². The topological polar surface area (TPSA) is 54.9 Å². The van der Waals surface area contributed by atoms with Crippen molar-refractivity contribution in [1.82, 2.24) is 9.97 Å². The lowest BCUT2D eigenvalue weighted by atomic mass is 10.1. The van der Waals surface area contributed by atoms with Crippen LogP contribution in [0.3, 0.4) is 0 Å². The first-order valence-electron chi connectivity index (χ1n) is 6.63. The number of nitrogens with one attached hydrogen (secondary N) is 1. The molecular formula is C15H11Cl2N3OS2. The molecular weight excluding hydrogens is 373 g/mol. The van der Waals surface area contributed by atoms with Gasteiger partial charge in [0.15, 0.2) is 5.13 Å². The summed E-state index contributed by atoms with van der Waals surface area (Å²) in [4.78, 5) is 22.0. The molecule has 0 saturated carbocycles. The summed E-state index contributed by atoms with van der Waals surface area (Å²) < 4.78 is 0. The summed E-state index contributed by atoms with van der Waals surface area (Å²) in [7, 11) is 0. The van der Waals surface area contributed by atoms with Gasteiger partial charge in [-0.3, -0.25) is 10.1 Å². The minimum Gasteiger partial charge on any atom is -0.297 e. The zero-order chi connectivity index (χ0) is 16.4. The van der Waals surface area contributed by atoms with E-state index >= 15 is 0 Å². The van der Waals surface area contributed by atoms with Crippen LogP contribution in [0.1, 0.15) is 25.8 Å². The van der Waals surface area contributed by atoms with E-state index in [1.165, 1.54) is 22.7 Å². The molecule has 8 heteroatoms. The van der Waals surface area contributed by atoms with E-state index in [4.69, 9.17) is 23.2 Å². The van der Waals surface area contributed by atoms with Crippen LogP contribution in [0.4, 0.5) is 5.13 Å². The number of carbonyl (C=O) groups excluding carboxylic acids is 1. The predicted molar refractivity (Wildman–Crippen MR) is 96.2 cm³/mol. The first kappa shape index (κ1) is 16.4. The normalized spacial score (nSPS) is 10.7. The molecule has 2 heterocycles. The van der Waals surface area contributed by atoms with E-state index in [9.17, 15) is 4.79 Å². The Balaban J connectivity index is 1.72. The van der Waals surface area contributed by atoms with Gasteiger partial charge >= 0.3 is 0 Å².